The summed E-state index contributed by atoms with van der Waals surface area (Å²) in [5, 5.41) is 2.82. The van der Waals surface area contributed by atoms with Gasteiger partial charge in [-0.3, -0.25) is 14.2 Å². The number of ether oxygens (including phenoxy) is 1. The quantitative estimate of drug-likeness (QED) is 0.709. The summed E-state index contributed by atoms with van der Waals surface area (Å²) in [6, 6.07) is 13.3. The molecule has 0 saturated heterocycles. The van der Waals surface area contributed by atoms with Crippen molar-refractivity contribution < 1.29 is 9.53 Å². The van der Waals surface area contributed by atoms with Crippen LogP contribution in [0.5, 0.6) is 5.75 Å². The molecule has 1 heterocycles. The van der Waals surface area contributed by atoms with Crippen LogP contribution in [-0.4, -0.2) is 17.1 Å². The Hall–Kier alpha value is -2.60. The van der Waals surface area contributed by atoms with Crippen LogP contribution in [-0.2, 0) is 16.8 Å². The molecule has 3 aromatic rings. The second-order valence-electron chi connectivity index (χ2n) is 7.41. The molecule has 0 aliphatic rings. The Labute approximate surface area is 162 Å². The Morgan fingerprint density at radius 1 is 1.15 bits per heavy atom. The topological polar surface area (TPSA) is 60.3 Å². The lowest BCUT2D eigenvalue weighted by Gasteiger charge is -2.19. The number of anilines is 1. The zero-order valence-corrected chi connectivity index (χ0v) is 16.9. The molecule has 27 heavy (non-hydrogen) atoms. The maximum absolute atomic E-state index is 12.2. The summed E-state index contributed by atoms with van der Waals surface area (Å²) in [6.45, 7) is 8.95. The molecular weight excluding hydrogens is 360 g/mol. The van der Waals surface area contributed by atoms with Crippen molar-refractivity contribution >= 4 is 33.1 Å². The average molecular weight is 385 g/mol. The fraction of sp³-hybridized carbons (Fsp3) is 0.333. The summed E-state index contributed by atoms with van der Waals surface area (Å²) in [5.74, 6) is 0.420. The first kappa shape index (κ1) is 19.2. The van der Waals surface area contributed by atoms with Crippen molar-refractivity contribution in [3.8, 4) is 5.75 Å². The first-order valence-electron chi connectivity index (χ1n) is 8.94. The molecule has 0 saturated carbocycles. The maximum Gasteiger partial charge on any atom is 0.308 e. The zero-order chi connectivity index (χ0) is 19.6. The Morgan fingerprint density at radius 2 is 1.85 bits per heavy atom. The number of nitrogens with one attached hydrogen (secondary N) is 1. The fourth-order valence-corrected chi connectivity index (χ4v) is 3.84. The van der Waals surface area contributed by atoms with E-state index in [2.05, 4.69) is 26.1 Å². The monoisotopic (exact) mass is 384 g/mol. The van der Waals surface area contributed by atoms with E-state index in [0.717, 1.165) is 10.2 Å². The minimum atomic E-state index is -0.239. The second-order valence-corrected chi connectivity index (χ2v) is 8.40. The number of carbonyl (C=O) groups excluding carboxylic acids is 1. The molecule has 5 nitrogen and oxygen atoms in total. The van der Waals surface area contributed by atoms with Gasteiger partial charge in [0.2, 0.25) is 0 Å². The van der Waals surface area contributed by atoms with Crippen LogP contribution >= 0.6 is 11.3 Å². The van der Waals surface area contributed by atoms with E-state index in [1.54, 1.807) is 10.6 Å². The molecule has 0 aliphatic heterocycles. The largest absolute Gasteiger partial charge is 0.484 e. The molecule has 0 atom stereocenters. The zero-order valence-electron chi connectivity index (χ0n) is 16.0. The van der Waals surface area contributed by atoms with Crippen LogP contribution in [0, 0.1) is 0 Å². The third-order valence-electron chi connectivity index (χ3n) is 4.36. The summed E-state index contributed by atoms with van der Waals surface area (Å²) in [4.78, 5) is 24.1. The normalized spacial score (nSPS) is 11.6. The van der Waals surface area contributed by atoms with Gasteiger partial charge in [-0.05, 0) is 48.2 Å². The van der Waals surface area contributed by atoms with E-state index in [0.29, 0.717) is 18.0 Å². The van der Waals surface area contributed by atoms with Crippen LogP contribution in [0.4, 0.5) is 5.69 Å². The molecule has 6 heteroatoms. The van der Waals surface area contributed by atoms with Crippen LogP contribution in [0.2, 0.25) is 0 Å². The Balaban J connectivity index is 1.62. The lowest BCUT2D eigenvalue weighted by molar-refractivity contribution is -0.118. The maximum atomic E-state index is 12.2. The molecule has 3 rings (SSSR count). The number of aryl methyl sites for hydroxylation is 1. The molecule has 0 unspecified atom stereocenters. The van der Waals surface area contributed by atoms with Gasteiger partial charge in [-0.15, -0.1) is 0 Å². The van der Waals surface area contributed by atoms with Crippen LogP contribution in [0.25, 0.3) is 10.2 Å². The van der Waals surface area contributed by atoms with Crippen LogP contribution in [0.15, 0.2) is 47.3 Å². The third kappa shape index (κ3) is 4.39. The van der Waals surface area contributed by atoms with E-state index in [1.165, 1.54) is 16.9 Å². The van der Waals surface area contributed by atoms with Gasteiger partial charge in [0.15, 0.2) is 6.61 Å². The molecule has 0 bridgehead atoms. The first-order valence-corrected chi connectivity index (χ1v) is 9.76. The lowest BCUT2D eigenvalue weighted by atomic mass is 9.87. The van der Waals surface area contributed by atoms with E-state index in [-0.39, 0.29) is 22.8 Å². The predicted octanol–water partition coefficient (Wildman–Crippen LogP) is 4.40. The van der Waals surface area contributed by atoms with E-state index < -0.39 is 0 Å². The summed E-state index contributed by atoms with van der Waals surface area (Å²) < 4.78 is 8.15. The van der Waals surface area contributed by atoms with Gasteiger partial charge >= 0.3 is 4.87 Å². The van der Waals surface area contributed by atoms with Gasteiger partial charge in [-0.2, -0.15) is 0 Å². The highest BCUT2D eigenvalue weighted by Gasteiger charge is 2.13. The molecule has 142 valence electrons. The van der Waals surface area contributed by atoms with Crippen molar-refractivity contribution in [2.75, 3.05) is 11.9 Å². The van der Waals surface area contributed by atoms with Crippen LogP contribution in [0.1, 0.15) is 33.3 Å². The number of hydrogen-bond acceptors (Lipinski definition) is 4. The minimum absolute atomic E-state index is 0.0120. The fourth-order valence-electron chi connectivity index (χ4n) is 2.84. The van der Waals surface area contributed by atoms with Crippen LogP contribution in [0.3, 0.4) is 0 Å². The summed E-state index contributed by atoms with van der Waals surface area (Å²) >= 11 is 1.18. The Kier molecular flexibility index (Phi) is 5.37. The predicted molar refractivity (Wildman–Crippen MR) is 111 cm³/mol. The summed E-state index contributed by atoms with van der Waals surface area (Å²) in [5.41, 5.74) is 2.84. The van der Waals surface area contributed by atoms with Crippen molar-refractivity contribution in [1.82, 2.24) is 4.57 Å². The number of amides is 1. The number of nitrogens with zero attached hydrogens (tertiary/aromatic N) is 1. The highest BCUT2D eigenvalue weighted by molar-refractivity contribution is 7.16. The number of hydrogen-bond donors (Lipinski definition) is 1. The SMILES string of the molecule is CCn1c(=O)sc2cc(NC(=O)COc3ccc(C(C)(C)C)cc3)ccc21. The van der Waals surface area contributed by atoms with Gasteiger partial charge in [0.05, 0.1) is 10.2 Å². The van der Waals surface area contributed by atoms with Crippen molar-refractivity contribution in [3.63, 3.8) is 0 Å². The number of rotatable bonds is 5. The van der Waals surface area contributed by atoms with Gasteiger partial charge in [-0.1, -0.05) is 44.2 Å². The molecule has 2 aromatic carbocycles. The molecule has 0 spiro atoms. The van der Waals surface area contributed by atoms with E-state index in [9.17, 15) is 9.59 Å². The summed E-state index contributed by atoms with van der Waals surface area (Å²) in [7, 11) is 0. The van der Waals surface area contributed by atoms with Crippen molar-refractivity contribution in [3.05, 3.63) is 57.7 Å². The molecule has 0 aliphatic carbocycles. The van der Waals surface area contributed by atoms with Gasteiger partial charge < -0.3 is 10.1 Å². The minimum Gasteiger partial charge on any atom is -0.484 e. The lowest BCUT2D eigenvalue weighted by Crippen LogP contribution is -2.20. The standard InChI is InChI=1S/C21H24N2O3S/c1-5-23-17-11-8-15(12-18(17)27-20(23)25)22-19(24)13-26-16-9-6-14(7-10-16)21(2,3)4/h6-12H,5,13H2,1-4H3,(H,22,24). The number of fused-ring (bicyclic) bond motifs is 1. The van der Waals surface area contributed by atoms with Crippen molar-refractivity contribution in [2.24, 2.45) is 0 Å². The summed E-state index contributed by atoms with van der Waals surface area (Å²) in [6.07, 6.45) is 0. The first-order chi connectivity index (χ1) is 12.8. The van der Waals surface area contributed by atoms with Crippen LogP contribution < -0.4 is 14.9 Å². The van der Waals surface area contributed by atoms with Crippen molar-refractivity contribution in [2.45, 2.75) is 39.7 Å². The van der Waals surface area contributed by atoms with Gasteiger partial charge in [0.1, 0.15) is 5.75 Å². The average Bonchev–Trinajstić information content (AvgIpc) is 2.93. The van der Waals surface area contributed by atoms with Gasteiger partial charge in [0.25, 0.3) is 5.91 Å². The van der Waals surface area contributed by atoms with E-state index in [4.69, 9.17) is 4.74 Å². The smallest absolute Gasteiger partial charge is 0.308 e. The Bertz CT molecular complexity index is 1010. The third-order valence-corrected chi connectivity index (χ3v) is 5.30. The molecule has 1 amide bonds. The molecular formula is C21H24N2O3S. The molecule has 0 radical (unpaired) electrons. The van der Waals surface area contributed by atoms with Gasteiger partial charge in [0, 0.05) is 12.2 Å². The highest BCUT2D eigenvalue weighted by Crippen LogP contribution is 2.24. The number of benzene rings is 2. The van der Waals surface area contributed by atoms with E-state index >= 15 is 0 Å². The number of aromatic nitrogens is 1. The number of thiazole rings is 1. The Morgan fingerprint density at radius 3 is 2.48 bits per heavy atom. The number of carbonyl (C=O) groups is 1. The van der Waals surface area contributed by atoms with Gasteiger partial charge in [-0.25, -0.2) is 0 Å². The second kappa shape index (κ2) is 7.56. The van der Waals surface area contributed by atoms with Crippen molar-refractivity contribution in [1.29, 1.82) is 0 Å². The highest BCUT2D eigenvalue weighted by atomic mass is 32.1. The van der Waals surface area contributed by atoms with E-state index in [1.807, 2.05) is 43.3 Å². The molecule has 0 fully saturated rings. The molecule has 1 aromatic heterocycles. The molecule has 1 N–H and O–H groups in total.